The fraction of sp³-hybridized carbons (Fsp3) is 0. The van der Waals surface area contributed by atoms with Gasteiger partial charge in [-0.1, -0.05) is 12.1 Å². The van der Waals surface area contributed by atoms with Crippen molar-refractivity contribution in [3.63, 3.8) is 0 Å². The average Bonchev–Trinajstić information content (AvgIpc) is 2.59. The van der Waals surface area contributed by atoms with E-state index in [0.717, 1.165) is 0 Å². The summed E-state index contributed by atoms with van der Waals surface area (Å²) in [4.78, 5) is 45.7. The van der Waals surface area contributed by atoms with Gasteiger partial charge in [-0.25, -0.2) is 9.59 Å². The van der Waals surface area contributed by atoms with Crippen LogP contribution in [0.3, 0.4) is 0 Å². The molecule has 0 atom stereocenters. The van der Waals surface area contributed by atoms with E-state index in [1.54, 1.807) is 0 Å². The predicted octanol–water partition coefficient (Wildman–Crippen LogP) is 1.16. The van der Waals surface area contributed by atoms with E-state index in [1.165, 1.54) is 48.5 Å². The minimum absolute atomic E-state index is 0.0194. The molecule has 0 bridgehead atoms. The van der Waals surface area contributed by atoms with Gasteiger partial charge < -0.3 is 10.2 Å². The number of carbonyl (C=O) groups is 4. The number of carbonyl (C=O) groups excluding carboxylic acids is 2. The number of hydrogen-bond donors (Lipinski definition) is 4. The highest BCUT2D eigenvalue weighted by Gasteiger charge is 2.16. The first-order valence-corrected chi connectivity index (χ1v) is 6.66. The number of hydrogen-bond acceptors (Lipinski definition) is 4. The van der Waals surface area contributed by atoms with Crippen molar-refractivity contribution in [1.29, 1.82) is 0 Å². The van der Waals surface area contributed by atoms with Crippen LogP contribution in [0.4, 0.5) is 0 Å². The molecule has 0 radical (unpaired) electrons. The van der Waals surface area contributed by atoms with E-state index in [4.69, 9.17) is 10.2 Å². The van der Waals surface area contributed by atoms with Gasteiger partial charge in [-0.3, -0.25) is 20.4 Å². The Labute approximate surface area is 135 Å². The van der Waals surface area contributed by atoms with E-state index in [2.05, 4.69) is 10.9 Å². The van der Waals surface area contributed by atoms with E-state index >= 15 is 0 Å². The standard InChI is InChI=1S/C16H12N2O6/c19-13(9-5-7-10(8-6-9)15(21)22)17-18-14(20)11-3-1-2-4-12(11)16(23)24/h1-8H,(H,17,19)(H,18,20)(H,21,22)(H,23,24). The van der Waals surface area contributed by atoms with E-state index in [1.807, 2.05) is 0 Å². The van der Waals surface area contributed by atoms with E-state index in [0.29, 0.717) is 0 Å². The molecule has 2 rings (SSSR count). The Hall–Kier alpha value is -3.68. The number of amides is 2. The highest BCUT2D eigenvalue weighted by atomic mass is 16.4. The summed E-state index contributed by atoms with van der Waals surface area (Å²) in [6.07, 6.45) is 0. The summed E-state index contributed by atoms with van der Waals surface area (Å²) >= 11 is 0. The largest absolute Gasteiger partial charge is 0.478 e. The second-order valence-corrected chi connectivity index (χ2v) is 4.64. The predicted molar refractivity (Wildman–Crippen MR) is 81.7 cm³/mol. The van der Waals surface area contributed by atoms with Crippen molar-refractivity contribution in [3.05, 3.63) is 70.8 Å². The van der Waals surface area contributed by atoms with Gasteiger partial charge in [0, 0.05) is 5.56 Å². The molecule has 24 heavy (non-hydrogen) atoms. The van der Waals surface area contributed by atoms with Gasteiger partial charge in [0.2, 0.25) is 0 Å². The molecular weight excluding hydrogens is 316 g/mol. The van der Waals surface area contributed by atoms with Gasteiger partial charge in [-0.05, 0) is 36.4 Å². The Morgan fingerprint density at radius 3 is 1.67 bits per heavy atom. The molecule has 0 saturated carbocycles. The van der Waals surface area contributed by atoms with Crippen molar-refractivity contribution >= 4 is 23.8 Å². The lowest BCUT2D eigenvalue weighted by molar-refractivity contribution is 0.0683. The first-order chi connectivity index (χ1) is 11.4. The Morgan fingerprint density at radius 2 is 1.12 bits per heavy atom. The molecule has 0 aromatic heterocycles. The molecule has 2 amide bonds. The molecule has 2 aromatic carbocycles. The first kappa shape index (κ1) is 16.7. The van der Waals surface area contributed by atoms with Crippen LogP contribution >= 0.6 is 0 Å². The average molecular weight is 328 g/mol. The van der Waals surface area contributed by atoms with Crippen molar-refractivity contribution in [1.82, 2.24) is 10.9 Å². The zero-order valence-corrected chi connectivity index (χ0v) is 12.1. The summed E-state index contributed by atoms with van der Waals surface area (Å²) in [6, 6.07) is 10.6. The van der Waals surface area contributed by atoms with Gasteiger partial charge in [-0.2, -0.15) is 0 Å². The van der Waals surface area contributed by atoms with Gasteiger partial charge in [0.15, 0.2) is 0 Å². The Balaban J connectivity index is 2.05. The molecule has 4 N–H and O–H groups in total. The highest BCUT2D eigenvalue weighted by Crippen LogP contribution is 2.08. The van der Waals surface area contributed by atoms with Crippen molar-refractivity contribution in [2.75, 3.05) is 0 Å². The zero-order valence-electron chi connectivity index (χ0n) is 12.1. The Bertz CT molecular complexity index is 814. The molecule has 0 aliphatic rings. The van der Waals surface area contributed by atoms with E-state index < -0.39 is 23.8 Å². The maximum absolute atomic E-state index is 12.0. The summed E-state index contributed by atoms with van der Waals surface area (Å²) in [5, 5.41) is 17.8. The maximum atomic E-state index is 12.0. The molecule has 0 aliphatic heterocycles. The molecule has 0 heterocycles. The Kier molecular flexibility index (Phi) is 4.90. The van der Waals surface area contributed by atoms with Crippen LogP contribution in [0.25, 0.3) is 0 Å². The normalized spacial score (nSPS) is 9.83. The Morgan fingerprint density at radius 1 is 0.625 bits per heavy atom. The van der Waals surface area contributed by atoms with Gasteiger partial charge >= 0.3 is 11.9 Å². The fourth-order valence-electron chi connectivity index (χ4n) is 1.88. The van der Waals surface area contributed by atoms with Crippen LogP contribution in [0.15, 0.2) is 48.5 Å². The molecule has 8 nitrogen and oxygen atoms in total. The van der Waals surface area contributed by atoms with Crippen molar-refractivity contribution in [2.45, 2.75) is 0 Å². The number of rotatable bonds is 4. The summed E-state index contributed by atoms with van der Waals surface area (Å²) in [5.41, 5.74) is 4.09. The highest BCUT2D eigenvalue weighted by molar-refractivity contribution is 6.06. The minimum atomic E-state index is -1.27. The summed E-state index contributed by atoms with van der Waals surface area (Å²) < 4.78 is 0. The van der Waals surface area contributed by atoms with E-state index in [-0.39, 0.29) is 22.3 Å². The number of nitrogens with one attached hydrogen (secondary N) is 2. The topological polar surface area (TPSA) is 133 Å². The minimum Gasteiger partial charge on any atom is -0.478 e. The fourth-order valence-corrected chi connectivity index (χ4v) is 1.88. The zero-order chi connectivity index (χ0) is 17.7. The van der Waals surface area contributed by atoms with Crippen LogP contribution in [0.2, 0.25) is 0 Å². The van der Waals surface area contributed by atoms with Crippen molar-refractivity contribution in [2.24, 2.45) is 0 Å². The third-order valence-electron chi connectivity index (χ3n) is 3.09. The first-order valence-electron chi connectivity index (χ1n) is 6.66. The van der Waals surface area contributed by atoms with Crippen molar-refractivity contribution in [3.8, 4) is 0 Å². The lowest BCUT2D eigenvalue weighted by Crippen LogP contribution is -2.42. The van der Waals surface area contributed by atoms with Gasteiger partial charge in [0.1, 0.15) is 0 Å². The lowest BCUT2D eigenvalue weighted by atomic mass is 10.1. The SMILES string of the molecule is O=C(O)c1ccc(C(=O)NNC(=O)c2ccccc2C(=O)O)cc1. The molecule has 0 saturated heterocycles. The number of benzene rings is 2. The number of hydrazine groups is 1. The van der Waals surface area contributed by atoms with Crippen LogP contribution in [0, 0.1) is 0 Å². The van der Waals surface area contributed by atoms with Gasteiger partial charge in [-0.15, -0.1) is 0 Å². The monoisotopic (exact) mass is 328 g/mol. The summed E-state index contributed by atoms with van der Waals surface area (Å²) in [5.74, 6) is -3.85. The molecule has 8 heteroatoms. The lowest BCUT2D eigenvalue weighted by Gasteiger charge is -2.09. The maximum Gasteiger partial charge on any atom is 0.336 e. The number of aromatic carboxylic acids is 2. The molecule has 0 aliphatic carbocycles. The molecule has 0 unspecified atom stereocenters. The molecule has 0 spiro atoms. The van der Waals surface area contributed by atoms with Gasteiger partial charge in [0.05, 0.1) is 16.7 Å². The van der Waals surface area contributed by atoms with Crippen LogP contribution in [0.5, 0.6) is 0 Å². The second kappa shape index (κ2) is 7.05. The molecule has 122 valence electrons. The third-order valence-corrected chi connectivity index (χ3v) is 3.09. The quantitative estimate of drug-likeness (QED) is 0.622. The van der Waals surface area contributed by atoms with E-state index in [9.17, 15) is 19.2 Å². The molecule has 0 fully saturated rings. The van der Waals surface area contributed by atoms with Crippen LogP contribution < -0.4 is 10.9 Å². The van der Waals surface area contributed by atoms with Crippen LogP contribution in [0.1, 0.15) is 41.4 Å². The number of carboxylic acids is 2. The van der Waals surface area contributed by atoms with Crippen molar-refractivity contribution < 1.29 is 29.4 Å². The smallest absolute Gasteiger partial charge is 0.336 e. The summed E-state index contributed by atoms with van der Waals surface area (Å²) in [7, 11) is 0. The summed E-state index contributed by atoms with van der Waals surface area (Å²) in [6.45, 7) is 0. The molecular formula is C16H12N2O6. The third kappa shape index (κ3) is 3.74. The second-order valence-electron chi connectivity index (χ2n) is 4.64. The number of carboxylic acid groups (broad SMARTS) is 2. The van der Waals surface area contributed by atoms with Crippen LogP contribution in [-0.2, 0) is 0 Å². The van der Waals surface area contributed by atoms with Gasteiger partial charge in [0.25, 0.3) is 11.8 Å². The molecule has 2 aromatic rings. The van der Waals surface area contributed by atoms with Crippen LogP contribution in [-0.4, -0.2) is 34.0 Å².